The minimum absolute atomic E-state index is 0.0998. The van der Waals surface area contributed by atoms with Crippen LogP contribution >= 0.6 is 11.6 Å². The first-order chi connectivity index (χ1) is 8.17. The molecule has 1 atom stereocenters. The van der Waals surface area contributed by atoms with Gasteiger partial charge in [-0.3, -0.25) is 0 Å². The average Bonchev–Trinajstić information content (AvgIpc) is 2.36. The second kappa shape index (κ2) is 7.73. The molecule has 0 aromatic heterocycles. The van der Waals surface area contributed by atoms with E-state index in [2.05, 4.69) is 50.1 Å². The van der Waals surface area contributed by atoms with Crippen molar-refractivity contribution in [2.45, 2.75) is 38.5 Å². The first kappa shape index (κ1) is 14.5. The molecule has 0 radical (unpaired) electrons. The number of unbranched alkanes of at least 4 members (excludes halogenated alkanes) is 1. The largest absolute Gasteiger partial charge is 0.305 e. The quantitative estimate of drug-likeness (QED) is 0.657. The van der Waals surface area contributed by atoms with E-state index in [0.717, 1.165) is 19.5 Å². The van der Waals surface area contributed by atoms with E-state index in [1.165, 1.54) is 24.0 Å². The second-order valence-electron chi connectivity index (χ2n) is 4.68. The van der Waals surface area contributed by atoms with Crippen LogP contribution in [0.2, 0.25) is 0 Å². The zero-order valence-electron chi connectivity index (χ0n) is 11.2. The average molecular weight is 254 g/mol. The Balaban J connectivity index is 2.47. The van der Waals surface area contributed by atoms with Gasteiger partial charge in [0.1, 0.15) is 0 Å². The minimum atomic E-state index is 0.0998. The number of hydrogen-bond donors (Lipinski definition) is 0. The van der Waals surface area contributed by atoms with Gasteiger partial charge in [-0.25, -0.2) is 0 Å². The molecule has 17 heavy (non-hydrogen) atoms. The van der Waals surface area contributed by atoms with Crippen molar-refractivity contribution in [3.05, 3.63) is 35.4 Å². The van der Waals surface area contributed by atoms with Crippen LogP contribution in [-0.4, -0.2) is 25.0 Å². The fraction of sp³-hybridized carbons (Fsp3) is 0.600. The predicted octanol–water partition coefficient (Wildman–Crippen LogP) is 4.26. The third-order valence-electron chi connectivity index (χ3n) is 3.12. The van der Waals surface area contributed by atoms with Crippen molar-refractivity contribution in [2.24, 2.45) is 0 Å². The molecule has 1 unspecified atom stereocenters. The molecular weight excluding hydrogens is 230 g/mol. The molecule has 1 nitrogen and oxygen atoms in total. The van der Waals surface area contributed by atoms with E-state index in [-0.39, 0.29) is 5.38 Å². The molecule has 2 heteroatoms. The van der Waals surface area contributed by atoms with Gasteiger partial charge in [-0.1, -0.05) is 44.5 Å². The van der Waals surface area contributed by atoms with Crippen molar-refractivity contribution in [2.75, 3.05) is 20.1 Å². The Bertz CT molecular complexity index is 307. The molecule has 96 valence electrons. The number of halogens is 1. The molecule has 1 rings (SSSR count). The predicted molar refractivity (Wildman–Crippen MR) is 76.8 cm³/mol. The summed E-state index contributed by atoms with van der Waals surface area (Å²) in [7, 11) is 2.14. The fourth-order valence-electron chi connectivity index (χ4n) is 1.86. The van der Waals surface area contributed by atoms with Crippen LogP contribution in [0.4, 0.5) is 0 Å². The van der Waals surface area contributed by atoms with Crippen LogP contribution < -0.4 is 0 Å². The molecule has 0 bridgehead atoms. The SMILES string of the molecule is CCCCN(C)CC(Cl)c1ccc(CC)cc1. The Kier molecular flexibility index (Phi) is 6.61. The number of likely N-dealkylation sites (N-methyl/N-ethyl adjacent to an activating group) is 1. The number of alkyl halides is 1. The smallest absolute Gasteiger partial charge is 0.0712 e. The Morgan fingerprint density at radius 1 is 1.18 bits per heavy atom. The van der Waals surface area contributed by atoms with E-state index >= 15 is 0 Å². The van der Waals surface area contributed by atoms with Crippen LogP contribution in [0, 0.1) is 0 Å². The third kappa shape index (κ3) is 5.10. The Hall–Kier alpha value is -0.530. The Morgan fingerprint density at radius 3 is 2.35 bits per heavy atom. The maximum absolute atomic E-state index is 6.43. The molecule has 0 aliphatic heterocycles. The molecular formula is C15H24ClN. The van der Waals surface area contributed by atoms with E-state index < -0.39 is 0 Å². The van der Waals surface area contributed by atoms with Crippen LogP contribution in [0.25, 0.3) is 0 Å². The number of nitrogens with zero attached hydrogens (tertiary/aromatic N) is 1. The second-order valence-corrected chi connectivity index (χ2v) is 5.21. The summed E-state index contributed by atoms with van der Waals surface area (Å²) in [5.41, 5.74) is 2.60. The summed E-state index contributed by atoms with van der Waals surface area (Å²) in [4.78, 5) is 2.31. The topological polar surface area (TPSA) is 3.24 Å². The maximum Gasteiger partial charge on any atom is 0.0712 e. The molecule has 1 aromatic rings. The summed E-state index contributed by atoms with van der Waals surface area (Å²) in [6, 6.07) is 8.67. The third-order valence-corrected chi connectivity index (χ3v) is 3.51. The van der Waals surface area contributed by atoms with Gasteiger partial charge in [0.05, 0.1) is 5.38 Å². The standard InChI is InChI=1S/C15H24ClN/c1-4-6-11-17(3)12-15(16)14-9-7-13(5-2)8-10-14/h7-10,15H,4-6,11-12H2,1-3H3. The highest BCUT2D eigenvalue weighted by atomic mass is 35.5. The van der Waals surface area contributed by atoms with Gasteiger partial charge >= 0.3 is 0 Å². The van der Waals surface area contributed by atoms with E-state index in [4.69, 9.17) is 11.6 Å². The number of aryl methyl sites for hydroxylation is 1. The lowest BCUT2D eigenvalue weighted by Gasteiger charge is -2.20. The van der Waals surface area contributed by atoms with Gasteiger partial charge in [-0.2, -0.15) is 0 Å². The summed E-state index contributed by atoms with van der Waals surface area (Å²) >= 11 is 6.43. The lowest BCUT2D eigenvalue weighted by molar-refractivity contribution is 0.328. The Morgan fingerprint density at radius 2 is 1.82 bits per heavy atom. The van der Waals surface area contributed by atoms with Gasteiger partial charge in [0.15, 0.2) is 0 Å². The first-order valence-electron chi connectivity index (χ1n) is 6.58. The lowest BCUT2D eigenvalue weighted by atomic mass is 10.1. The Labute approximate surface area is 111 Å². The summed E-state index contributed by atoms with van der Waals surface area (Å²) in [6.07, 6.45) is 3.57. The van der Waals surface area contributed by atoms with Crippen molar-refractivity contribution >= 4 is 11.6 Å². The summed E-state index contributed by atoms with van der Waals surface area (Å²) in [5, 5.41) is 0.0998. The van der Waals surface area contributed by atoms with Gasteiger partial charge in [0, 0.05) is 6.54 Å². The van der Waals surface area contributed by atoms with Crippen LogP contribution in [0.15, 0.2) is 24.3 Å². The lowest BCUT2D eigenvalue weighted by Crippen LogP contribution is -2.23. The van der Waals surface area contributed by atoms with Crippen LogP contribution in [0.1, 0.15) is 43.2 Å². The molecule has 0 aliphatic rings. The molecule has 0 saturated heterocycles. The highest BCUT2D eigenvalue weighted by Crippen LogP contribution is 2.21. The van der Waals surface area contributed by atoms with E-state index in [1.807, 2.05) is 0 Å². The molecule has 0 fully saturated rings. The maximum atomic E-state index is 6.43. The molecule has 0 saturated carbocycles. The van der Waals surface area contributed by atoms with Gasteiger partial charge < -0.3 is 4.90 Å². The summed E-state index contributed by atoms with van der Waals surface area (Å²) in [6.45, 7) is 6.45. The molecule has 0 amide bonds. The summed E-state index contributed by atoms with van der Waals surface area (Å²) in [5.74, 6) is 0. The number of hydrogen-bond acceptors (Lipinski definition) is 1. The van der Waals surface area contributed by atoms with Crippen LogP contribution in [0.3, 0.4) is 0 Å². The van der Waals surface area contributed by atoms with Gasteiger partial charge in [0.2, 0.25) is 0 Å². The van der Waals surface area contributed by atoms with Crippen LogP contribution in [-0.2, 0) is 6.42 Å². The number of benzene rings is 1. The van der Waals surface area contributed by atoms with Crippen molar-refractivity contribution in [3.8, 4) is 0 Å². The van der Waals surface area contributed by atoms with Crippen LogP contribution in [0.5, 0.6) is 0 Å². The van der Waals surface area contributed by atoms with Crippen molar-refractivity contribution in [3.63, 3.8) is 0 Å². The molecule has 0 aliphatic carbocycles. The van der Waals surface area contributed by atoms with Crippen molar-refractivity contribution in [1.82, 2.24) is 4.90 Å². The van der Waals surface area contributed by atoms with Gasteiger partial charge in [0.25, 0.3) is 0 Å². The summed E-state index contributed by atoms with van der Waals surface area (Å²) < 4.78 is 0. The van der Waals surface area contributed by atoms with E-state index in [9.17, 15) is 0 Å². The highest BCUT2D eigenvalue weighted by molar-refractivity contribution is 6.21. The molecule has 0 heterocycles. The minimum Gasteiger partial charge on any atom is -0.305 e. The zero-order valence-corrected chi connectivity index (χ0v) is 12.0. The molecule has 0 spiro atoms. The first-order valence-corrected chi connectivity index (χ1v) is 7.02. The molecule has 0 N–H and O–H groups in total. The van der Waals surface area contributed by atoms with Gasteiger partial charge in [-0.15, -0.1) is 11.6 Å². The van der Waals surface area contributed by atoms with E-state index in [1.54, 1.807) is 0 Å². The van der Waals surface area contributed by atoms with Crippen molar-refractivity contribution < 1.29 is 0 Å². The monoisotopic (exact) mass is 253 g/mol. The number of rotatable bonds is 7. The van der Waals surface area contributed by atoms with Crippen molar-refractivity contribution in [1.29, 1.82) is 0 Å². The van der Waals surface area contributed by atoms with E-state index in [0.29, 0.717) is 0 Å². The van der Waals surface area contributed by atoms with Gasteiger partial charge in [-0.05, 0) is 37.6 Å². The highest BCUT2D eigenvalue weighted by Gasteiger charge is 2.10. The fourth-order valence-corrected chi connectivity index (χ4v) is 2.24. The zero-order chi connectivity index (χ0) is 12.7. The normalized spacial score (nSPS) is 13.0. The molecule has 1 aromatic carbocycles.